The minimum absolute atomic E-state index is 0.172. The average Bonchev–Trinajstić information content (AvgIpc) is 2.60. The summed E-state index contributed by atoms with van der Waals surface area (Å²) in [6.07, 6.45) is 3.40. The molecule has 1 N–H and O–H groups in total. The number of amides is 1. The highest BCUT2D eigenvalue weighted by molar-refractivity contribution is 5.94. The molecule has 1 aromatic carbocycles. The van der Waals surface area contributed by atoms with Crippen LogP contribution in [-0.2, 0) is 0 Å². The molecule has 2 rings (SSSR count). The minimum Gasteiger partial charge on any atom is -0.385 e. The summed E-state index contributed by atoms with van der Waals surface area (Å²) in [6.45, 7) is 9.32. The molecular weight excluding hydrogens is 248 g/mol. The van der Waals surface area contributed by atoms with Crippen molar-refractivity contribution in [1.82, 2.24) is 4.90 Å². The average molecular weight is 274 g/mol. The van der Waals surface area contributed by atoms with Crippen LogP contribution in [0.15, 0.2) is 24.3 Å². The highest BCUT2D eigenvalue weighted by atomic mass is 16.2. The topological polar surface area (TPSA) is 32.3 Å². The molecule has 1 aromatic rings. The van der Waals surface area contributed by atoms with Crippen LogP contribution in [0.5, 0.6) is 0 Å². The molecule has 0 radical (unpaired) electrons. The lowest BCUT2D eigenvalue weighted by molar-refractivity contribution is 0.0757. The number of carbonyl (C=O) groups excluding carboxylic acids is 1. The molecule has 1 aliphatic rings. The third-order valence-corrected chi connectivity index (χ3v) is 4.14. The van der Waals surface area contributed by atoms with E-state index in [1.807, 2.05) is 29.2 Å². The predicted molar refractivity (Wildman–Crippen MR) is 84.1 cm³/mol. The minimum atomic E-state index is 0.172. The molecule has 0 unspecified atom stereocenters. The SMILES string of the molecule is CCNc1ccc(C(=O)N2CCCC(C)(C)CC2)cc1. The number of nitrogens with zero attached hydrogens (tertiary/aromatic N) is 1. The zero-order valence-electron chi connectivity index (χ0n) is 12.9. The lowest BCUT2D eigenvalue weighted by Crippen LogP contribution is -2.32. The summed E-state index contributed by atoms with van der Waals surface area (Å²) in [6, 6.07) is 7.82. The van der Waals surface area contributed by atoms with E-state index in [2.05, 4.69) is 26.1 Å². The van der Waals surface area contributed by atoms with E-state index < -0.39 is 0 Å². The Bertz CT molecular complexity index is 451. The van der Waals surface area contributed by atoms with Crippen molar-refractivity contribution in [3.63, 3.8) is 0 Å². The van der Waals surface area contributed by atoms with Crippen LogP contribution in [0.25, 0.3) is 0 Å². The van der Waals surface area contributed by atoms with Gasteiger partial charge in [-0.05, 0) is 55.9 Å². The summed E-state index contributed by atoms with van der Waals surface area (Å²) in [5, 5.41) is 3.25. The molecule has 3 nitrogen and oxygen atoms in total. The number of likely N-dealkylation sites (tertiary alicyclic amines) is 1. The number of hydrogen-bond donors (Lipinski definition) is 1. The van der Waals surface area contributed by atoms with E-state index in [4.69, 9.17) is 0 Å². The number of carbonyl (C=O) groups is 1. The molecule has 0 aromatic heterocycles. The van der Waals surface area contributed by atoms with E-state index in [0.29, 0.717) is 5.41 Å². The Kier molecular flexibility index (Phi) is 4.69. The zero-order valence-corrected chi connectivity index (χ0v) is 12.9. The summed E-state index contributed by atoms with van der Waals surface area (Å²) >= 11 is 0. The number of anilines is 1. The highest BCUT2D eigenvalue weighted by Gasteiger charge is 2.25. The van der Waals surface area contributed by atoms with Gasteiger partial charge in [0.05, 0.1) is 0 Å². The third-order valence-electron chi connectivity index (χ3n) is 4.14. The fourth-order valence-electron chi connectivity index (χ4n) is 2.74. The van der Waals surface area contributed by atoms with Crippen LogP contribution in [0.1, 0.15) is 50.4 Å². The van der Waals surface area contributed by atoms with Gasteiger partial charge in [0.25, 0.3) is 5.91 Å². The van der Waals surface area contributed by atoms with E-state index in [9.17, 15) is 4.79 Å². The molecule has 1 aliphatic heterocycles. The monoisotopic (exact) mass is 274 g/mol. The second kappa shape index (κ2) is 6.29. The van der Waals surface area contributed by atoms with Gasteiger partial charge in [0.1, 0.15) is 0 Å². The van der Waals surface area contributed by atoms with Crippen LogP contribution in [0.2, 0.25) is 0 Å². The van der Waals surface area contributed by atoms with Gasteiger partial charge < -0.3 is 10.2 Å². The van der Waals surface area contributed by atoms with Gasteiger partial charge >= 0.3 is 0 Å². The second-order valence-corrected chi connectivity index (χ2v) is 6.42. The second-order valence-electron chi connectivity index (χ2n) is 6.42. The summed E-state index contributed by atoms with van der Waals surface area (Å²) in [5.41, 5.74) is 2.23. The number of benzene rings is 1. The first-order valence-electron chi connectivity index (χ1n) is 7.65. The van der Waals surface area contributed by atoms with Crippen LogP contribution in [0.4, 0.5) is 5.69 Å². The van der Waals surface area contributed by atoms with Crippen LogP contribution >= 0.6 is 0 Å². The summed E-state index contributed by atoms with van der Waals surface area (Å²) in [4.78, 5) is 14.5. The van der Waals surface area contributed by atoms with Crippen LogP contribution in [-0.4, -0.2) is 30.4 Å². The maximum absolute atomic E-state index is 12.5. The molecule has 1 saturated heterocycles. The third kappa shape index (κ3) is 3.75. The maximum atomic E-state index is 12.5. The lowest BCUT2D eigenvalue weighted by Gasteiger charge is -2.23. The van der Waals surface area contributed by atoms with E-state index in [0.717, 1.165) is 43.7 Å². The fraction of sp³-hybridized carbons (Fsp3) is 0.588. The zero-order chi connectivity index (χ0) is 14.6. The van der Waals surface area contributed by atoms with E-state index in [1.165, 1.54) is 6.42 Å². The molecule has 1 amide bonds. The van der Waals surface area contributed by atoms with Gasteiger partial charge in [-0.2, -0.15) is 0 Å². The van der Waals surface area contributed by atoms with Gasteiger partial charge in [-0.3, -0.25) is 4.79 Å². The summed E-state index contributed by atoms with van der Waals surface area (Å²) in [7, 11) is 0. The molecule has 1 heterocycles. The van der Waals surface area contributed by atoms with Crippen molar-refractivity contribution in [3.8, 4) is 0 Å². The van der Waals surface area contributed by atoms with Crippen molar-refractivity contribution in [3.05, 3.63) is 29.8 Å². The molecule has 20 heavy (non-hydrogen) atoms. The molecule has 0 saturated carbocycles. The quantitative estimate of drug-likeness (QED) is 0.910. The fourth-order valence-corrected chi connectivity index (χ4v) is 2.74. The standard InChI is InChI=1S/C17H26N2O/c1-4-18-15-8-6-14(7-9-15)16(20)19-12-5-10-17(2,3)11-13-19/h6-9,18H,4-5,10-13H2,1-3H3. The summed E-state index contributed by atoms with van der Waals surface area (Å²) < 4.78 is 0. The molecule has 0 aliphatic carbocycles. The molecule has 110 valence electrons. The molecule has 1 fully saturated rings. The lowest BCUT2D eigenvalue weighted by atomic mass is 9.85. The van der Waals surface area contributed by atoms with Crippen LogP contribution in [0, 0.1) is 5.41 Å². The van der Waals surface area contributed by atoms with Gasteiger partial charge in [0.2, 0.25) is 0 Å². The first kappa shape index (κ1) is 14.9. The van der Waals surface area contributed by atoms with Gasteiger partial charge in [-0.1, -0.05) is 13.8 Å². The molecule has 3 heteroatoms. The van der Waals surface area contributed by atoms with Gasteiger partial charge in [-0.25, -0.2) is 0 Å². The normalized spacial score (nSPS) is 18.4. The Morgan fingerprint density at radius 3 is 2.55 bits per heavy atom. The van der Waals surface area contributed by atoms with Crippen molar-refractivity contribution in [2.75, 3.05) is 25.0 Å². The van der Waals surface area contributed by atoms with Crippen molar-refractivity contribution < 1.29 is 4.79 Å². The molecule has 0 spiro atoms. The molecular formula is C17H26N2O. The van der Waals surface area contributed by atoms with Gasteiger partial charge in [0, 0.05) is 30.9 Å². The first-order valence-corrected chi connectivity index (χ1v) is 7.65. The van der Waals surface area contributed by atoms with Crippen molar-refractivity contribution in [2.45, 2.75) is 40.0 Å². The molecule has 0 atom stereocenters. The van der Waals surface area contributed by atoms with Crippen molar-refractivity contribution >= 4 is 11.6 Å². The first-order chi connectivity index (χ1) is 9.52. The number of nitrogens with one attached hydrogen (secondary N) is 1. The Labute approximate surface area is 122 Å². The van der Waals surface area contributed by atoms with Crippen molar-refractivity contribution in [2.24, 2.45) is 5.41 Å². The Hall–Kier alpha value is -1.51. The van der Waals surface area contributed by atoms with Gasteiger partial charge in [0.15, 0.2) is 0 Å². The van der Waals surface area contributed by atoms with E-state index in [1.54, 1.807) is 0 Å². The number of rotatable bonds is 3. The van der Waals surface area contributed by atoms with Gasteiger partial charge in [-0.15, -0.1) is 0 Å². The largest absolute Gasteiger partial charge is 0.385 e. The molecule has 0 bridgehead atoms. The van der Waals surface area contributed by atoms with E-state index >= 15 is 0 Å². The Balaban J connectivity index is 2.03. The van der Waals surface area contributed by atoms with Crippen molar-refractivity contribution in [1.29, 1.82) is 0 Å². The predicted octanol–water partition coefficient (Wildman–Crippen LogP) is 3.77. The van der Waals surface area contributed by atoms with Crippen LogP contribution < -0.4 is 5.32 Å². The van der Waals surface area contributed by atoms with E-state index in [-0.39, 0.29) is 5.91 Å². The number of hydrogen-bond acceptors (Lipinski definition) is 2. The Morgan fingerprint density at radius 1 is 1.20 bits per heavy atom. The summed E-state index contributed by atoms with van der Waals surface area (Å²) in [5.74, 6) is 0.172. The Morgan fingerprint density at radius 2 is 1.90 bits per heavy atom. The smallest absolute Gasteiger partial charge is 0.253 e. The maximum Gasteiger partial charge on any atom is 0.253 e. The highest BCUT2D eigenvalue weighted by Crippen LogP contribution is 2.30. The van der Waals surface area contributed by atoms with Crippen LogP contribution in [0.3, 0.4) is 0 Å².